The number of sulfonamides is 1. The molecule has 2 bridgehead atoms. The molecule has 4 heterocycles. The molecule has 8 heteroatoms. The van der Waals surface area contributed by atoms with Crippen LogP contribution < -0.4 is 4.90 Å². The van der Waals surface area contributed by atoms with E-state index in [-0.39, 0.29) is 17.0 Å². The number of hydrogen-bond acceptors (Lipinski definition) is 5. The van der Waals surface area contributed by atoms with E-state index in [0.29, 0.717) is 5.92 Å². The lowest BCUT2D eigenvalue weighted by Gasteiger charge is -2.36. The fourth-order valence-corrected chi connectivity index (χ4v) is 7.35. The second-order valence-electron chi connectivity index (χ2n) is 7.21. The van der Waals surface area contributed by atoms with Crippen LogP contribution in [0.15, 0.2) is 18.6 Å². The number of hydrogen-bond donors (Lipinski definition) is 1. The van der Waals surface area contributed by atoms with Gasteiger partial charge in [0.15, 0.2) is 0 Å². The largest absolute Gasteiger partial charge is 0.346 e. The van der Waals surface area contributed by atoms with Gasteiger partial charge in [-0.25, -0.2) is 18.4 Å². The van der Waals surface area contributed by atoms with Crippen molar-refractivity contribution >= 4 is 26.9 Å². The molecule has 2 aromatic rings. The fraction of sp³-hybridized carbons (Fsp3) is 0.600. The summed E-state index contributed by atoms with van der Waals surface area (Å²) in [6.07, 6.45) is 7.11. The second kappa shape index (κ2) is 3.70. The summed E-state index contributed by atoms with van der Waals surface area (Å²) in [6, 6.07) is 2.14. The Hall–Kier alpha value is -1.67. The first-order valence-corrected chi connectivity index (χ1v) is 9.73. The van der Waals surface area contributed by atoms with Crippen molar-refractivity contribution in [3.05, 3.63) is 18.6 Å². The van der Waals surface area contributed by atoms with E-state index in [0.717, 1.165) is 49.1 Å². The molecule has 2 aromatic heterocycles. The zero-order chi connectivity index (χ0) is 15.4. The molecule has 6 rings (SSSR count). The number of aromatic amines is 1. The number of fused-ring (bicyclic) bond motifs is 1. The van der Waals surface area contributed by atoms with Gasteiger partial charge in [-0.2, -0.15) is 4.31 Å². The lowest BCUT2D eigenvalue weighted by molar-refractivity contribution is 0.343. The van der Waals surface area contributed by atoms with E-state index in [2.05, 4.69) is 19.9 Å². The molecule has 2 saturated carbocycles. The first-order valence-electron chi connectivity index (χ1n) is 8.23. The monoisotopic (exact) mass is 331 g/mol. The molecule has 120 valence electrons. The molecule has 4 fully saturated rings. The van der Waals surface area contributed by atoms with Crippen LogP contribution in [0, 0.1) is 5.92 Å². The maximum Gasteiger partial charge on any atom is 0.219 e. The first-order chi connectivity index (χ1) is 11.1. The predicted octanol–water partition coefficient (Wildman–Crippen LogP) is 1.06. The molecule has 0 amide bonds. The second-order valence-corrected chi connectivity index (χ2v) is 9.30. The third-order valence-corrected chi connectivity index (χ3v) is 8.47. The molecule has 7 nitrogen and oxygen atoms in total. The van der Waals surface area contributed by atoms with Gasteiger partial charge in [0.05, 0.1) is 16.7 Å². The number of H-pyrrole nitrogens is 1. The number of piperidine rings is 2. The molecule has 0 radical (unpaired) electrons. The summed E-state index contributed by atoms with van der Waals surface area (Å²) >= 11 is 0. The normalized spacial score (nSPS) is 38.3. The van der Waals surface area contributed by atoms with E-state index in [9.17, 15) is 8.42 Å². The molecule has 1 N–H and O–H groups in total. The van der Waals surface area contributed by atoms with Gasteiger partial charge in [-0.05, 0) is 37.7 Å². The Labute approximate surface area is 133 Å². The molecule has 4 atom stereocenters. The van der Waals surface area contributed by atoms with Crippen molar-refractivity contribution in [3.63, 3.8) is 0 Å². The van der Waals surface area contributed by atoms with Crippen molar-refractivity contribution in [3.8, 4) is 0 Å². The Morgan fingerprint density at radius 3 is 2.91 bits per heavy atom. The highest BCUT2D eigenvalue weighted by molar-refractivity contribution is 7.90. The van der Waals surface area contributed by atoms with Gasteiger partial charge in [0.25, 0.3) is 0 Å². The van der Waals surface area contributed by atoms with Crippen LogP contribution in [0.4, 0.5) is 5.82 Å². The van der Waals surface area contributed by atoms with Crippen LogP contribution >= 0.6 is 0 Å². The van der Waals surface area contributed by atoms with Crippen molar-refractivity contribution < 1.29 is 8.42 Å². The van der Waals surface area contributed by atoms with Crippen LogP contribution in [0.2, 0.25) is 0 Å². The molecule has 2 aliphatic carbocycles. The van der Waals surface area contributed by atoms with E-state index < -0.39 is 10.0 Å². The Morgan fingerprint density at radius 1 is 1.26 bits per heavy atom. The lowest BCUT2D eigenvalue weighted by atomic mass is 10.1. The molecular formula is C15H17N5O2S. The molecular weight excluding hydrogens is 314 g/mol. The smallest absolute Gasteiger partial charge is 0.219 e. The van der Waals surface area contributed by atoms with Gasteiger partial charge < -0.3 is 9.88 Å². The molecule has 23 heavy (non-hydrogen) atoms. The summed E-state index contributed by atoms with van der Waals surface area (Å²) in [5, 5.41) is 0.840. The van der Waals surface area contributed by atoms with Gasteiger partial charge >= 0.3 is 0 Å². The highest BCUT2D eigenvalue weighted by atomic mass is 32.2. The Kier molecular flexibility index (Phi) is 2.04. The minimum atomic E-state index is -3.13. The third-order valence-electron chi connectivity index (χ3n) is 6.06. The molecule has 4 aliphatic rings. The van der Waals surface area contributed by atoms with Crippen molar-refractivity contribution in [2.45, 2.75) is 42.6 Å². The van der Waals surface area contributed by atoms with Gasteiger partial charge in [0.2, 0.25) is 10.0 Å². The summed E-state index contributed by atoms with van der Waals surface area (Å²) in [7, 11) is -3.13. The number of anilines is 1. The Bertz CT molecular complexity index is 936. The fourth-order valence-electron chi connectivity index (χ4n) is 4.95. The minimum absolute atomic E-state index is 0.136. The van der Waals surface area contributed by atoms with Crippen molar-refractivity contribution in [1.82, 2.24) is 19.3 Å². The first kappa shape index (κ1) is 12.7. The maximum absolute atomic E-state index is 12.8. The zero-order valence-corrected chi connectivity index (χ0v) is 13.3. The third kappa shape index (κ3) is 1.34. The predicted molar refractivity (Wildman–Crippen MR) is 84.3 cm³/mol. The summed E-state index contributed by atoms with van der Waals surface area (Å²) in [5.74, 6) is 1.31. The molecule has 3 unspecified atom stereocenters. The average molecular weight is 331 g/mol. The number of nitrogens with zero attached hydrogens (tertiary/aromatic N) is 4. The number of aromatic nitrogens is 3. The van der Waals surface area contributed by atoms with Gasteiger partial charge in [-0.3, -0.25) is 0 Å². The van der Waals surface area contributed by atoms with Gasteiger partial charge in [-0.1, -0.05) is 0 Å². The Morgan fingerprint density at radius 2 is 2.13 bits per heavy atom. The van der Waals surface area contributed by atoms with E-state index in [1.807, 2.05) is 16.6 Å². The van der Waals surface area contributed by atoms with Crippen LogP contribution in [0.5, 0.6) is 0 Å². The van der Waals surface area contributed by atoms with Gasteiger partial charge in [-0.15, -0.1) is 0 Å². The van der Waals surface area contributed by atoms with E-state index >= 15 is 0 Å². The quantitative estimate of drug-likeness (QED) is 0.851. The molecule has 0 spiro atoms. The highest BCUT2D eigenvalue weighted by Gasteiger charge is 2.81. The summed E-state index contributed by atoms with van der Waals surface area (Å²) in [4.78, 5) is 14.1. The minimum Gasteiger partial charge on any atom is -0.346 e. The van der Waals surface area contributed by atoms with E-state index in [4.69, 9.17) is 0 Å². The molecule has 0 aromatic carbocycles. The van der Waals surface area contributed by atoms with Crippen LogP contribution in [0.25, 0.3) is 11.0 Å². The number of rotatable bonds is 3. The molecule has 2 aliphatic heterocycles. The van der Waals surface area contributed by atoms with Crippen molar-refractivity contribution in [1.29, 1.82) is 0 Å². The van der Waals surface area contributed by atoms with Crippen molar-refractivity contribution in [2.24, 2.45) is 5.92 Å². The van der Waals surface area contributed by atoms with Crippen LogP contribution in [-0.4, -0.2) is 51.2 Å². The summed E-state index contributed by atoms with van der Waals surface area (Å²) < 4.78 is 27.4. The van der Waals surface area contributed by atoms with E-state index in [1.54, 1.807) is 6.33 Å². The van der Waals surface area contributed by atoms with Crippen LogP contribution in [0.3, 0.4) is 0 Å². The summed E-state index contributed by atoms with van der Waals surface area (Å²) in [6.45, 7) is 0.901. The SMILES string of the molecule is O=S(=O)(C1CC1)N1[C@@H]2C3CCC21N(c1ncnc2[nH]ccc12)C3. The van der Waals surface area contributed by atoms with Gasteiger partial charge in [0, 0.05) is 12.7 Å². The summed E-state index contributed by atoms with van der Waals surface area (Å²) in [5.41, 5.74) is 0.466. The maximum atomic E-state index is 12.8. The van der Waals surface area contributed by atoms with E-state index in [1.165, 1.54) is 0 Å². The molecule has 2 saturated heterocycles. The Balaban J connectivity index is 1.49. The topological polar surface area (TPSA) is 82.0 Å². The zero-order valence-electron chi connectivity index (χ0n) is 12.5. The van der Waals surface area contributed by atoms with Gasteiger partial charge in [0.1, 0.15) is 23.5 Å². The highest BCUT2D eigenvalue weighted by Crippen LogP contribution is 2.66. The average Bonchev–Trinajstić information content (AvgIpc) is 3.40. The number of nitrogens with one attached hydrogen (secondary N) is 1. The standard InChI is InChI=1S/C15H17N5O2S/c21-23(22,10-1-2-10)20-12-9-3-5-15(12,20)19(7-9)14-11-4-6-16-13(11)17-8-18-14/h4,6,8-10,12H,1-3,5,7H2,(H,16,17,18)/t9?,12-,15?,20?/m1/s1. The van der Waals surface area contributed by atoms with Crippen LogP contribution in [0.1, 0.15) is 25.7 Å². The lowest BCUT2D eigenvalue weighted by Crippen LogP contribution is -2.47. The van der Waals surface area contributed by atoms with Crippen molar-refractivity contribution in [2.75, 3.05) is 11.4 Å². The van der Waals surface area contributed by atoms with Crippen LogP contribution in [-0.2, 0) is 10.0 Å².